The number of alkyl halides is 1. The van der Waals surface area contributed by atoms with Gasteiger partial charge in [0.1, 0.15) is 11.9 Å². The molecule has 0 fully saturated rings. The normalized spacial score (nSPS) is 13.3. The monoisotopic (exact) mass is 338 g/mol. The number of carbonyl (C=O) groups excluding carboxylic acids is 2. The molecule has 0 spiro atoms. The minimum absolute atomic E-state index is 0.0105. The number of hydrogen-bond donors (Lipinski definition) is 1. The second-order valence-corrected chi connectivity index (χ2v) is 6.19. The number of nitrogens with one attached hydrogen (secondary N) is 1. The van der Waals surface area contributed by atoms with Gasteiger partial charge in [-0.2, -0.15) is 0 Å². The van der Waals surface area contributed by atoms with Crippen molar-refractivity contribution in [3.8, 4) is 0 Å². The number of hydrogen-bond acceptors (Lipinski definition) is 2. The van der Waals surface area contributed by atoms with Crippen molar-refractivity contribution in [3.05, 3.63) is 29.8 Å². The Hall–Kier alpha value is -1.55. The van der Waals surface area contributed by atoms with E-state index < -0.39 is 5.38 Å². The lowest BCUT2D eigenvalue weighted by molar-refractivity contribution is -0.124. The maximum absolute atomic E-state index is 12.6. The van der Waals surface area contributed by atoms with Crippen LogP contribution in [0.1, 0.15) is 46.1 Å². The molecule has 0 aromatic heterocycles. The Labute approximate surface area is 144 Å². The van der Waals surface area contributed by atoms with Gasteiger partial charge in [0.05, 0.1) is 0 Å². The second kappa shape index (κ2) is 9.56. The Morgan fingerprint density at radius 3 is 2.39 bits per heavy atom. The first-order valence-electron chi connectivity index (χ1n) is 8.27. The number of halogens is 1. The number of carbonyl (C=O) groups is 2. The van der Waals surface area contributed by atoms with Crippen LogP contribution < -0.4 is 10.2 Å². The SMILES string of the molecule is CCc1ccccc1N(CC(=O)NC(C)CC)C(=O)C(Cl)CC. The summed E-state index contributed by atoms with van der Waals surface area (Å²) >= 11 is 6.15. The van der Waals surface area contributed by atoms with Crippen LogP contribution in [0.4, 0.5) is 5.69 Å². The molecule has 2 amide bonds. The van der Waals surface area contributed by atoms with Gasteiger partial charge in [-0.3, -0.25) is 9.59 Å². The molecule has 2 atom stereocenters. The predicted octanol–water partition coefficient (Wildman–Crippen LogP) is 3.51. The minimum atomic E-state index is -0.628. The Morgan fingerprint density at radius 2 is 1.83 bits per heavy atom. The number of rotatable bonds is 8. The van der Waals surface area contributed by atoms with Gasteiger partial charge < -0.3 is 10.2 Å². The molecule has 0 heterocycles. The molecule has 1 N–H and O–H groups in total. The van der Waals surface area contributed by atoms with E-state index in [-0.39, 0.29) is 24.4 Å². The average molecular weight is 339 g/mol. The first-order valence-corrected chi connectivity index (χ1v) is 8.70. The fraction of sp³-hybridized carbons (Fsp3) is 0.556. The molecular formula is C18H27ClN2O2. The van der Waals surface area contributed by atoms with E-state index in [4.69, 9.17) is 11.6 Å². The summed E-state index contributed by atoms with van der Waals surface area (Å²) in [4.78, 5) is 26.4. The lowest BCUT2D eigenvalue weighted by Gasteiger charge is -2.27. The molecule has 23 heavy (non-hydrogen) atoms. The first kappa shape index (κ1) is 19.5. The van der Waals surface area contributed by atoms with Crippen molar-refractivity contribution in [3.63, 3.8) is 0 Å². The van der Waals surface area contributed by atoms with Crippen LogP contribution in [0.3, 0.4) is 0 Å². The van der Waals surface area contributed by atoms with Crippen LogP contribution in [0.5, 0.6) is 0 Å². The molecule has 1 rings (SSSR count). The summed E-state index contributed by atoms with van der Waals surface area (Å²) in [6, 6.07) is 7.72. The van der Waals surface area contributed by atoms with Crippen molar-refractivity contribution in [2.45, 2.75) is 58.4 Å². The van der Waals surface area contributed by atoms with Crippen molar-refractivity contribution >= 4 is 29.1 Å². The molecule has 0 bridgehead atoms. The van der Waals surface area contributed by atoms with Gasteiger partial charge in [-0.1, -0.05) is 39.0 Å². The average Bonchev–Trinajstić information content (AvgIpc) is 2.58. The van der Waals surface area contributed by atoms with Gasteiger partial charge >= 0.3 is 0 Å². The van der Waals surface area contributed by atoms with Gasteiger partial charge in [0.25, 0.3) is 0 Å². The van der Waals surface area contributed by atoms with Crippen LogP contribution in [-0.2, 0) is 16.0 Å². The second-order valence-electron chi connectivity index (χ2n) is 5.66. The van der Waals surface area contributed by atoms with Crippen LogP contribution in [0.15, 0.2) is 24.3 Å². The molecule has 0 saturated carbocycles. The third kappa shape index (κ3) is 5.54. The lowest BCUT2D eigenvalue weighted by atomic mass is 10.1. The highest BCUT2D eigenvalue weighted by atomic mass is 35.5. The summed E-state index contributed by atoms with van der Waals surface area (Å²) in [5.74, 6) is -0.395. The number of nitrogens with zero attached hydrogens (tertiary/aromatic N) is 1. The molecule has 0 aliphatic rings. The number of aryl methyl sites for hydroxylation is 1. The fourth-order valence-electron chi connectivity index (χ4n) is 2.26. The van der Waals surface area contributed by atoms with Crippen LogP contribution in [0.2, 0.25) is 0 Å². The molecule has 4 nitrogen and oxygen atoms in total. The zero-order chi connectivity index (χ0) is 17.4. The molecule has 2 unspecified atom stereocenters. The highest BCUT2D eigenvalue weighted by Gasteiger charge is 2.26. The zero-order valence-corrected chi connectivity index (χ0v) is 15.2. The zero-order valence-electron chi connectivity index (χ0n) is 14.4. The molecule has 128 valence electrons. The molecular weight excluding hydrogens is 312 g/mol. The fourth-order valence-corrected chi connectivity index (χ4v) is 2.38. The third-order valence-electron chi connectivity index (χ3n) is 3.88. The van der Waals surface area contributed by atoms with Gasteiger partial charge in [-0.25, -0.2) is 0 Å². The third-order valence-corrected chi connectivity index (χ3v) is 4.37. The molecule has 0 radical (unpaired) electrons. The molecule has 0 aliphatic heterocycles. The summed E-state index contributed by atoms with van der Waals surface area (Å²) in [7, 11) is 0. The highest BCUT2D eigenvalue weighted by molar-refractivity contribution is 6.33. The van der Waals surface area contributed by atoms with Crippen LogP contribution in [0, 0.1) is 0 Å². The maximum Gasteiger partial charge on any atom is 0.245 e. The molecule has 5 heteroatoms. The van der Waals surface area contributed by atoms with Gasteiger partial charge in [0.15, 0.2) is 0 Å². The van der Waals surface area contributed by atoms with Crippen molar-refractivity contribution in [2.75, 3.05) is 11.4 Å². The van der Waals surface area contributed by atoms with E-state index in [2.05, 4.69) is 5.32 Å². The van der Waals surface area contributed by atoms with Crippen LogP contribution in [0.25, 0.3) is 0 Å². The van der Waals surface area contributed by atoms with Crippen molar-refractivity contribution < 1.29 is 9.59 Å². The summed E-state index contributed by atoms with van der Waals surface area (Å²) in [5, 5.41) is 2.27. The Morgan fingerprint density at radius 1 is 1.17 bits per heavy atom. The number of para-hydroxylation sites is 1. The molecule has 0 saturated heterocycles. The van der Waals surface area contributed by atoms with E-state index in [1.54, 1.807) is 0 Å². The summed E-state index contributed by atoms with van der Waals surface area (Å²) in [6.07, 6.45) is 2.16. The van der Waals surface area contributed by atoms with Crippen molar-refractivity contribution in [1.82, 2.24) is 5.32 Å². The van der Waals surface area contributed by atoms with Crippen molar-refractivity contribution in [2.24, 2.45) is 0 Å². The highest BCUT2D eigenvalue weighted by Crippen LogP contribution is 2.23. The van der Waals surface area contributed by atoms with Gasteiger partial charge in [-0.15, -0.1) is 11.6 Å². The molecule has 1 aromatic rings. The molecule has 1 aromatic carbocycles. The van der Waals surface area contributed by atoms with E-state index in [0.29, 0.717) is 6.42 Å². The lowest BCUT2D eigenvalue weighted by Crippen LogP contribution is -2.46. The largest absolute Gasteiger partial charge is 0.352 e. The summed E-state index contributed by atoms with van der Waals surface area (Å²) < 4.78 is 0. The summed E-state index contributed by atoms with van der Waals surface area (Å²) in [5.41, 5.74) is 1.79. The number of benzene rings is 1. The smallest absolute Gasteiger partial charge is 0.245 e. The Balaban J connectivity index is 3.07. The van der Waals surface area contributed by atoms with Crippen LogP contribution in [-0.4, -0.2) is 29.8 Å². The number of amides is 2. The molecule has 0 aliphatic carbocycles. The minimum Gasteiger partial charge on any atom is -0.352 e. The Kier molecular flexibility index (Phi) is 8.10. The quantitative estimate of drug-likeness (QED) is 0.737. The summed E-state index contributed by atoms with van der Waals surface area (Å²) in [6.45, 7) is 7.83. The number of anilines is 1. The van der Waals surface area contributed by atoms with Gasteiger partial charge in [0, 0.05) is 11.7 Å². The Bertz CT molecular complexity index is 534. The van der Waals surface area contributed by atoms with E-state index in [1.807, 2.05) is 52.0 Å². The van der Waals surface area contributed by atoms with Gasteiger partial charge in [-0.05, 0) is 37.8 Å². The van der Waals surface area contributed by atoms with E-state index >= 15 is 0 Å². The first-order chi connectivity index (χ1) is 10.9. The van der Waals surface area contributed by atoms with Crippen molar-refractivity contribution in [1.29, 1.82) is 0 Å². The maximum atomic E-state index is 12.6. The standard InChI is InChI=1S/C18H27ClN2O2/c1-5-13(4)20-17(22)12-21(18(23)15(19)7-3)16-11-9-8-10-14(16)6-2/h8-11,13,15H,5-7,12H2,1-4H3,(H,20,22). The van der Waals surface area contributed by atoms with Crippen LogP contribution >= 0.6 is 11.6 Å². The topological polar surface area (TPSA) is 49.4 Å². The van der Waals surface area contributed by atoms with E-state index in [0.717, 1.165) is 24.1 Å². The van der Waals surface area contributed by atoms with E-state index in [1.165, 1.54) is 4.90 Å². The van der Waals surface area contributed by atoms with Gasteiger partial charge in [0.2, 0.25) is 11.8 Å². The predicted molar refractivity (Wildman–Crippen MR) is 96.0 cm³/mol. The van der Waals surface area contributed by atoms with E-state index in [9.17, 15) is 9.59 Å².